The Morgan fingerprint density at radius 3 is 2.88 bits per heavy atom. The molecule has 1 aromatic heterocycles. The maximum atomic E-state index is 12.5. The molecular weight excluding hydrogens is 304 g/mol. The number of ether oxygens (including phenoxy) is 1. The molecule has 1 aliphatic heterocycles. The quantitative estimate of drug-likeness (QED) is 0.638. The molecule has 124 valence electrons. The van der Waals surface area contributed by atoms with E-state index in [-0.39, 0.29) is 6.61 Å². The van der Waals surface area contributed by atoms with Crippen molar-refractivity contribution in [2.24, 2.45) is 0 Å². The average Bonchev–Trinajstić information content (AvgIpc) is 3.14. The van der Waals surface area contributed by atoms with Crippen LogP contribution in [-0.2, 0) is 4.74 Å². The molecule has 1 fully saturated rings. The second kappa shape index (κ2) is 7.18. The van der Waals surface area contributed by atoms with Crippen molar-refractivity contribution in [3.05, 3.63) is 36.4 Å². The predicted molar refractivity (Wildman–Crippen MR) is 91.1 cm³/mol. The molecule has 1 unspecified atom stereocenters. The zero-order valence-corrected chi connectivity index (χ0v) is 13.7. The van der Waals surface area contributed by atoms with Gasteiger partial charge in [0.25, 0.3) is 0 Å². The monoisotopic (exact) mass is 324 g/mol. The normalized spacial score (nSPS) is 17.3. The number of benzene rings is 1. The molecule has 2 heterocycles. The Kier molecular flexibility index (Phi) is 4.80. The van der Waals surface area contributed by atoms with Gasteiger partial charge in [-0.05, 0) is 44.4 Å². The third kappa shape index (κ3) is 3.25. The van der Waals surface area contributed by atoms with E-state index in [1.165, 1.54) is 6.42 Å². The van der Waals surface area contributed by atoms with Gasteiger partial charge in [0.2, 0.25) is 0 Å². The second-order valence-electron chi connectivity index (χ2n) is 5.89. The molecule has 0 spiro atoms. The first-order valence-electron chi connectivity index (χ1n) is 8.07. The minimum absolute atomic E-state index is 0.0370. The summed E-state index contributed by atoms with van der Waals surface area (Å²) in [6.45, 7) is 3.08. The molecule has 6 nitrogen and oxygen atoms in total. The molecule has 0 amide bonds. The largest absolute Gasteiger partial charge is 0.449 e. The molecule has 1 saturated heterocycles. The van der Waals surface area contributed by atoms with Crippen molar-refractivity contribution < 1.29 is 9.53 Å². The van der Waals surface area contributed by atoms with Crippen LogP contribution >= 0.6 is 0 Å². The number of hydrogen-bond acceptors (Lipinski definition) is 5. The van der Waals surface area contributed by atoms with Crippen LogP contribution in [0.4, 0.5) is 5.69 Å². The lowest BCUT2D eigenvalue weighted by atomic mass is 10.0. The number of carbonyl (C=O) groups excluding carboxylic acids is 1. The third-order valence-corrected chi connectivity index (χ3v) is 4.32. The highest BCUT2D eigenvalue weighted by atomic mass is 16.5. The molecule has 1 aromatic carbocycles. The molecule has 0 N–H and O–H groups in total. The Bertz CT molecular complexity index is 749. The van der Waals surface area contributed by atoms with E-state index in [0.717, 1.165) is 30.8 Å². The summed E-state index contributed by atoms with van der Waals surface area (Å²) < 4.78 is 6.93. The number of hydrogen-bond donors (Lipinski definition) is 0. The summed E-state index contributed by atoms with van der Waals surface area (Å²) in [5, 5.41) is 7.61. The lowest BCUT2D eigenvalue weighted by Crippen LogP contribution is -2.38. The molecule has 6 heteroatoms. The van der Waals surface area contributed by atoms with Crippen molar-refractivity contribution in [2.75, 3.05) is 18.1 Å². The average molecular weight is 324 g/mol. The van der Waals surface area contributed by atoms with Gasteiger partial charge in [0.15, 0.2) is 6.61 Å². The van der Waals surface area contributed by atoms with Gasteiger partial charge < -0.3 is 9.64 Å². The number of carbonyl (C=O) groups is 1. The molecular formula is C18H20N4O2. The van der Waals surface area contributed by atoms with Crippen molar-refractivity contribution in [2.45, 2.75) is 32.2 Å². The highest BCUT2D eigenvalue weighted by Crippen LogP contribution is 2.30. The van der Waals surface area contributed by atoms with E-state index in [2.05, 4.69) is 27.9 Å². The van der Waals surface area contributed by atoms with Crippen LogP contribution in [0, 0.1) is 12.3 Å². The van der Waals surface area contributed by atoms with Crippen LogP contribution in [0.5, 0.6) is 0 Å². The lowest BCUT2D eigenvalue weighted by Gasteiger charge is -2.36. The summed E-state index contributed by atoms with van der Waals surface area (Å²) in [5.74, 6) is 1.93. The minimum Gasteiger partial charge on any atom is -0.449 e. The molecule has 0 saturated carbocycles. The molecule has 1 atom stereocenters. The maximum Gasteiger partial charge on any atom is 0.341 e. The Balaban J connectivity index is 2.00. The van der Waals surface area contributed by atoms with E-state index in [1.54, 1.807) is 23.3 Å². The van der Waals surface area contributed by atoms with Crippen molar-refractivity contribution in [3.8, 4) is 18.0 Å². The maximum absolute atomic E-state index is 12.5. The zero-order valence-electron chi connectivity index (χ0n) is 13.7. The van der Waals surface area contributed by atoms with Gasteiger partial charge >= 0.3 is 5.97 Å². The van der Waals surface area contributed by atoms with E-state index in [1.807, 2.05) is 12.1 Å². The lowest BCUT2D eigenvalue weighted by molar-refractivity contribution is 0.0557. The fourth-order valence-electron chi connectivity index (χ4n) is 3.07. The van der Waals surface area contributed by atoms with Crippen LogP contribution < -0.4 is 4.90 Å². The number of aromatic nitrogens is 3. The highest BCUT2D eigenvalue weighted by molar-refractivity contribution is 5.96. The van der Waals surface area contributed by atoms with Gasteiger partial charge in [-0.2, -0.15) is 0 Å². The topological polar surface area (TPSA) is 60.3 Å². The van der Waals surface area contributed by atoms with Gasteiger partial charge in [-0.15, -0.1) is 16.6 Å². The molecule has 3 rings (SSSR count). The Labute approximate surface area is 141 Å². The number of piperidine rings is 1. The number of anilines is 1. The van der Waals surface area contributed by atoms with Crippen LogP contribution in [-0.4, -0.2) is 39.9 Å². The van der Waals surface area contributed by atoms with Crippen LogP contribution in [0.1, 0.15) is 36.5 Å². The fourth-order valence-corrected chi connectivity index (χ4v) is 3.07. The summed E-state index contributed by atoms with van der Waals surface area (Å²) in [5.41, 5.74) is 2.22. The predicted octanol–water partition coefficient (Wildman–Crippen LogP) is 2.44. The van der Waals surface area contributed by atoms with Crippen molar-refractivity contribution in [1.29, 1.82) is 0 Å². The van der Waals surface area contributed by atoms with Gasteiger partial charge in [-0.3, -0.25) is 4.57 Å². The SMILES string of the molecule is C#CCOC(=O)c1cc(-n2cnnc2)ccc1N1CCCCC1C. The van der Waals surface area contributed by atoms with E-state index >= 15 is 0 Å². The standard InChI is InChI=1S/C18H20N4O2/c1-3-10-24-18(23)16-11-15(21-12-19-20-13-21)7-8-17(16)22-9-5-4-6-14(22)2/h1,7-8,11-14H,4-6,9-10H2,2H3. The van der Waals surface area contributed by atoms with Gasteiger partial charge in [-0.1, -0.05) is 5.92 Å². The van der Waals surface area contributed by atoms with Gasteiger partial charge in [-0.25, -0.2) is 4.79 Å². The first-order chi connectivity index (χ1) is 11.7. The number of terminal acetylenes is 1. The van der Waals surface area contributed by atoms with E-state index in [0.29, 0.717) is 11.6 Å². The van der Waals surface area contributed by atoms with E-state index in [9.17, 15) is 4.79 Å². The summed E-state index contributed by atoms with van der Waals surface area (Å²) in [7, 11) is 0. The van der Waals surface area contributed by atoms with Crippen molar-refractivity contribution in [3.63, 3.8) is 0 Å². The Hall–Kier alpha value is -2.81. The third-order valence-electron chi connectivity index (χ3n) is 4.32. The van der Waals surface area contributed by atoms with Crippen molar-refractivity contribution >= 4 is 11.7 Å². The van der Waals surface area contributed by atoms with Gasteiger partial charge in [0.05, 0.1) is 11.3 Å². The molecule has 1 aliphatic rings. The molecule has 0 radical (unpaired) electrons. The van der Waals surface area contributed by atoms with Gasteiger partial charge in [0.1, 0.15) is 12.7 Å². The Morgan fingerprint density at radius 2 is 2.17 bits per heavy atom. The summed E-state index contributed by atoms with van der Waals surface area (Å²) in [6.07, 6.45) is 11.8. The molecule has 0 bridgehead atoms. The summed E-state index contributed by atoms with van der Waals surface area (Å²) in [6, 6.07) is 6.11. The highest BCUT2D eigenvalue weighted by Gasteiger charge is 2.24. The molecule has 2 aromatic rings. The Morgan fingerprint density at radius 1 is 1.38 bits per heavy atom. The van der Waals surface area contributed by atoms with Crippen LogP contribution in [0.25, 0.3) is 5.69 Å². The smallest absolute Gasteiger partial charge is 0.341 e. The molecule has 24 heavy (non-hydrogen) atoms. The van der Waals surface area contributed by atoms with Crippen LogP contribution in [0.2, 0.25) is 0 Å². The zero-order chi connectivity index (χ0) is 16.9. The summed E-state index contributed by atoms with van der Waals surface area (Å²) >= 11 is 0. The van der Waals surface area contributed by atoms with E-state index in [4.69, 9.17) is 11.2 Å². The molecule has 0 aliphatic carbocycles. The number of rotatable bonds is 4. The number of nitrogens with zero attached hydrogens (tertiary/aromatic N) is 4. The minimum atomic E-state index is -0.407. The first-order valence-corrected chi connectivity index (χ1v) is 8.07. The van der Waals surface area contributed by atoms with Crippen molar-refractivity contribution in [1.82, 2.24) is 14.8 Å². The van der Waals surface area contributed by atoms with Crippen LogP contribution in [0.3, 0.4) is 0 Å². The van der Waals surface area contributed by atoms with Crippen LogP contribution in [0.15, 0.2) is 30.9 Å². The second-order valence-corrected chi connectivity index (χ2v) is 5.89. The fraction of sp³-hybridized carbons (Fsp3) is 0.389. The van der Waals surface area contributed by atoms with E-state index < -0.39 is 5.97 Å². The number of esters is 1. The van der Waals surface area contributed by atoms with Gasteiger partial charge in [0, 0.05) is 18.3 Å². The summed E-state index contributed by atoms with van der Waals surface area (Å²) in [4.78, 5) is 14.8. The first kappa shape index (κ1) is 16.1.